The molecule has 0 aromatic heterocycles. The van der Waals surface area contributed by atoms with Crippen molar-refractivity contribution < 1.29 is 20.1 Å². The zero-order valence-corrected chi connectivity index (χ0v) is 11.3. The molecule has 4 heteroatoms. The van der Waals surface area contributed by atoms with Gasteiger partial charge in [-0.3, -0.25) is 0 Å². The van der Waals surface area contributed by atoms with Crippen molar-refractivity contribution in [1.82, 2.24) is 0 Å². The van der Waals surface area contributed by atoms with Crippen LogP contribution >= 0.6 is 0 Å². The largest absolute Gasteiger partial charge is 0.394 e. The van der Waals surface area contributed by atoms with Gasteiger partial charge in [-0.15, -0.1) is 0 Å². The fourth-order valence-electron chi connectivity index (χ4n) is 0.577. The Hall–Kier alpha value is -0.680. The van der Waals surface area contributed by atoms with Crippen molar-refractivity contribution in [2.24, 2.45) is 0 Å². The molecule has 0 aliphatic rings. The molecule has 102 valence electrons. The van der Waals surface area contributed by atoms with Gasteiger partial charge in [0.25, 0.3) is 0 Å². The number of aliphatic hydroxyl groups is 3. The summed E-state index contributed by atoms with van der Waals surface area (Å²) in [6.45, 7) is 9.02. The van der Waals surface area contributed by atoms with Crippen molar-refractivity contribution in [2.75, 3.05) is 26.4 Å². The molecule has 0 radical (unpaired) electrons. The molecule has 0 rings (SSSR count). The molecule has 0 aliphatic carbocycles. The summed E-state index contributed by atoms with van der Waals surface area (Å²) in [5, 5.41) is 24.0. The molecule has 0 saturated carbocycles. The number of ether oxygens (including phenoxy) is 1. The molecular formula is C13H26O4. The van der Waals surface area contributed by atoms with E-state index in [-0.39, 0.29) is 13.2 Å². The van der Waals surface area contributed by atoms with Crippen molar-refractivity contribution in [3.8, 4) is 0 Å². The van der Waals surface area contributed by atoms with E-state index in [2.05, 4.69) is 39.8 Å². The standard InChI is InChI=1S/C10H18O.C3H8O3/c1-9(2)5-7-11-8-6-10(3)4;4-1-3(6)2-5/h5-6H,7-8H2,1-4H3;3-6H,1-2H2. The van der Waals surface area contributed by atoms with Gasteiger partial charge in [-0.1, -0.05) is 23.3 Å². The predicted octanol–water partition coefficient (Wildman–Crippen LogP) is 1.27. The lowest BCUT2D eigenvalue weighted by molar-refractivity contribution is 0.0450. The summed E-state index contributed by atoms with van der Waals surface area (Å²) in [4.78, 5) is 0. The first kappa shape index (κ1) is 18.7. The van der Waals surface area contributed by atoms with Crippen LogP contribution in [0.3, 0.4) is 0 Å². The molecule has 4 nitrogen and oxygen atoms in total. The number of hydrogen-bond donors (Lipinski definition) is 3. The van der Waals surface area contributed by atoms with Gasteiger partial charge in [0.15, 0.2) is 0 Å². The maximum absolute atomic E-state index is 8.17. The SMILES string of the molecule is CC(C)=CCOCC=C(C)C.OCC(O)CO. The first-order chi connectivity index (χ1) is 7.93. The minimum absolute atomic E-state index is 0.365. The minimum atomic E-state index is -0.954. The van der Waals surface area contributed by atoms with Crippen LogP contribution in [0.4, 0.5) is 0 Å². The molecule has 0 aliphatic heterocycles. The molecule has 0 aromatic carbocycles. The smallest absolute Gasteiger partial charge is 0.100 e. The highest BCUT2D eigenvalue weighted by molar-refractivity contribution is 4.95. The Morgan fingerprint density at radius 1 is 0.941 bits per heavy atom. The molecule has 3 N–H and O–H groups in total. The van der Waals surface area contributed by atoms with E-state index in [1.807, 2.05) is 0 Å². The van der Waals surface area contributed by atoms with E-state index in [1.54, 1.807) is 0 Å². The molecule has 0 atom stereocenters. The molecule has 0 amide bonds. The Bertz CT molecular complexity index is 191. The number of hydrogen-bond acceptors (Lipinski definition) is 4. The highest BCUT2D eigenvalue weighted by Crippen LogP contribution is 1.91. The molecule has 0 spiro atoms. The minimum Gasteiger partial charge on any atom is -0.394 e. The summed E-state index contributed by atoms with van der Waals surface area (Å²) < 4.78 is 5.30. The lowest BCUT2D eigenvalue weighted by Crippen LogP contribution is -2.15. The van der Waals surface area contributed by atoms with Gasteiger partial charge in [0.05, 0.1) is 26.4 Å². The molecule has 0 bridgehead atoms. The molecule has 0 unspecified atom stereocenters. The van der Waals surface area contributed by atoms with Gasteiger partial charge >= 0.3 is 0 Å². The maximum atomic E-state index is 8.17. The zero-order chi connectivity index (χ0) is 13.7. The number of allylic oxidation sites excluding steroid dienone is 2. The fourth-order valence-corrected chi connectivity index (χ4v) is 0.577. The molecule has 0 aromatic rings. The molecular weight excluding hydrogens is 220 g/mol. The van der Waals surface area contributed by atoms with E-state index in [0.717, 1.165) is 13.2 Å². The second kappa shape index (κ2) is 13.4. The Kier molecular flexibility index (Phi) is 14.7. The van der Waals surface area contributed by atoms with Crippen LogP contribution in [0, 0.1) is 0 Å². The summed E-state index contributed by atoms with van der Waals surface area (Å²) >= 11 is 0. The van der Waals surface area contributed by atoms with Gasteiger partial charge in [-0.05, 0) is 27.7 Å². The molecule has 17 heavy (non-hydrogen) atoms. The van der Waals surface area contributed by atoms with Crippen LogP contribution in [0.5, 0.6) is 0 Å². The first-order valence-corrected chi connectivity index (χ1v) is 5.68. The van der Waals surface area contributed by atoms with Crippen LogP contribution in [0.25, 0.3) is 0 Å². The predicted molar refractivity (Wildman–Crippen MR) is 69.9 cm³/mol. The number of rotatable bonds is 6. The van der Waals surface area contributed by atoms with Crippen molar-refractivity contribution in [3.05, 3.63) is 23.3 Å². The third kappa shape index (κ3) is 21.2. The third-order valence-corrected chi connectivity index (χ3v) is 1.64. The average Bonchev–Trinajstić information content (AvgIpc) is 2.27. The monoisotopic (exact) mass is 246 g/mol. The lowest BCUT2D eigenvalue weighted by atomic mass is 10.3. The Morgan fingerprint density at radius 3 is 1.47 bits per heavy atom. The second-order valence-corrected chi connectivity index (χ2v) is 4.12. The zero-order valence-electron chi connectivity index (χ0n) is 11.3. The van der Waals surface area contributed by atoms with Gasteiger partial charge in [0, 0.05) is 0 Å². The summed E-state index contributed by atoms with van der Waals surface area (Å²) in [6.07, 6.45) is 3.21. The highest BCUT2D eigenvalue weighted by atomic mass is 16.5. The topological polar surface area (TPSA) is 69.9 Å². The van der Waals surface area contributed by atoms with Gasteiger partial charge < -0.3 is 20.1 Å². The van der Waals surface area contributed by atoms with E-state index in [9.17, 15) is 0 Å². The van der Waals surface area contributed by atoms with E-state index < -0.39 is 6.10 Å². The van der Waals surface area contributed by atoms with E-state index in [0.29, 0.717) is 0 Å². The van der Waals surface area contributed by atoms with E-state index >= 15 is 0 Å². The van der Waals surface area contributed by atoms with Crippen LogP contribution in [-0.4, -0.2) is 47.9 Å². The quantitative estimate of drug-likeness (QED) is 0.487. The molecule has 0 fully saturated rings. The van der Waals surface area contributed by atoms with Crippen molar-refractivity contribution in [2.45, 2.75) is 33.8 Å². The fraction of sp³-hybridized carbons (Fsp3) is 0.692. The normalized spacial score (nSPS) is 9.41. The van der Waals surface area contributed by atoms with Gasteiger partial charge in [0.1, 0.15) is 6.10 Å². The van der Waals surface area contributed by atoms with Crippen LogP contribution < -0.4 is 0 Å². The lowest BCUT2D eigenvalue weighted by Gasteiger charge is -1.96. The van der Waals surface area contributed by atoms with Crippen LogP contribution in [0.2, 0.25) is 0 Å². The number of aliphatic hydroxyl groups excluding tert-OH is 3. The summed E-state index contributed by atoms with van der Waals surface area (Å²) in [5.41, 5.74) is 2.62. The van der Waals surface area contributed by atoms with Gasteiger partial charge in [0.2, 0.25) is 0 Å². The second-order valence-electron chi connectivity index (χ2n) is 4.12. The summed E-state index contributed by atoms with van der Waals surface area (Å²) in [6, 6.07) is 0. The van der Waals surface area contributed by atoms with Crippen LogP contribution in [0.15, 0.2) is 23.3 Å². The molecule has 0 heterocycles. The maximum Gasteiger partial charge on any atom is 0.100 e. The van der Waals surface area contributed by atoms with Gasteiger partial charge in [-0.2, -0.15) is 0 Å². The van der Waals surface area contributed by atoms with Crippen molar-refractivity contribution in [1.29, 1.82) is 0 Å². The van der Waals surface area contributed by atoms with Gasteiger partial charge in [-0.25, -0.2) is 0 Å². The Balaban J connectivity index is 0. The van der Waals surface area contributed by atoms with E-state index in [1.165, 1.54) is 11.1 Å². The Labute approximate surface area is 104 Å². The highest BCUT2D eigenvalue weighted by Gasteiger charge is 1.93. The van der Waals surface area contributed by atoms with E-state index in [4.69, 9.17) is 20.1 Å². The first-order valence-electron chi connectivity index (χ1n) is 5.68. The molecule has 0 saturated heterocycles. The summed E-state index contributed by atoms with van der Waals surface area (Å²) in [7, 11) is 0. The van der Waals surface area contributed by atoms with Crippen molar-refractivity contribution in [3.63, 3.8) is 0 Å². The third-order valence-electron chi connectivity index (χ3n) is 1.64. The van der Waals surface area contributed by atoms with Crippen LogP contribution in [0.1, 0.15) is 27.7 Å². The van der Waals surface area contributed by atoms with Crippen LogP contribution in [-0.2, 0) is 4.74 Å². The average molecular weight is 246 g/mol. The van der Waals surface area contributed by atoms with Crippen molar-refractivity contribution >= 4 is 0 Å². The Morgan fingerprint density at radius 2 is 1.29 bits per heavy atom. The summed E-state index contributed by atoms with van der Waals surface area (Å²) in [5.74, 6) is 0.